The fourth-order valence-corrected chi connectivity index (χ4v) is 5.84. The van der Waals surface area contributed by atoms with Crippen LogP contribution in [0, 0.1) is 6.92 Å². The van der Waals surface area contributed by atoms with E-state index in [2.05, 4.69) is 64.3 Å². The van der Waals surface area contributed by atoms with Gasteiger partial charge in [0.25, 0.3) is 0 Å². The molecule has 0 saturated carbocycles. The molecule has 0 spiro atoms. The molecule has 33 heavy (non-hydrogen) atoms. The first-order chi connectivity index (χ1) is 16.1. The van der Waals surface area contributed by atoms with Crippen LogP contribution in [0.4, 0.5) is 0 Å². The highest BCUT2D eigenvalue weighted by Crippen LogP contribution is 2.42. The zero-order chi connectivity index (χ0) is 22.8. The Morgan fingerprint density at radius 1 is 0.970 bits per heavy atom. The first-order valence-corrected chi connectivity index (χ1v) is 13.5. The smallest absolute Gasteiger partial charge is 0.222 e. The van der Waals surface area contributed by atoms with Gasteiger partial charge in [-0.05, 0) is 62.3 Å². The molecule has 5 nitrogen and oxygen atoms in total. The Morgan fingerprint density at radius 2 is 1.79 bits per heavy atom. The van der Waals surface area contributed by atoms with Gasteiger partial charge in [-0.3, -0.25) is 14.6 Å². The molecule has 2 aromatic rings. The molecule has 0 aromatic heterocycles. The third-order valence-electron chi connectivity index (χ3n) is 7.38. The summed E-state index contributed by atoms with van der Waals surface area (Å²) in [4.78, 5) is 20.7. The molecule has 0 N–H and O–H groups in total. The quantitative estimate of drug-likeness (QED) is 0.597. The van der Waals surface area contributed by atoms with Gasteiger partial charge in [0.2, 0.25) is 5.91 Å². The van der Waals surface area contributed by atoms with Crippen LogP contribution >= 0.6 is 11.8 Å². The summed E-state index contributed by atoms with van der Waals surface area (Å²) >= 11 is 1.79. The molecule has 176 valence electrons. The summed E-state index contributed by atoms with van der Waals surface area (Å²) in [6, 6.07) is 13.5. The number of fused-ring (bicyclic) bond motifs is 2. The summed E-state index contributed by atoms with van der Waals surface area (Å²) in [5.41, 5.74) is 3.89. The summed E-state index contributed by atoms with van der Waals surface area (Å²) in [6.45, 7) is 9.16. The molecule has 5 rings (SSSR count). The number of thioether (sulfide) groups is 1. The van der Waals surface area contributed by atoms with Crippen LogP contribution in [0.15, 0.2) is 41.3 Å². The van der Waals surface area contributed by atoms with Gasteiger partial charge < -0.3 is 9.64 Å². The summed E-state index contributed by atoms with van der Waals surface area (Å²) in [5.74, 6) is 2.33. The van der Waals surface area contributed by atoms with Crippen LogP contribution in [0.5, 0.6) is 11.5 Å². The molecule has 6 heteroatoms. The highest BCUT2D eigenvalue weighted by atomic mass is 32.2. The second-order valence-electron chi connectivity index (χ2n) is 9.55. The van der Waals surface area contributed by atoms with E-state index in [4.69, 9.17) is 4.74 Å². The third kappa shape index (κ3) is 5.08. The normalized spacial score (nSPS) is 21.8. The van der Waals surface area contributed by atoms with Crippen molar-refractivity contribution in [2.75, 3.05) is 52.1 Å². The summed E-state index contributed by atoms with van der Waals surface area (Å²) in [6.07, 6.45) is 6.06. The van der Waals surface area contributed by atoms with Crippen molar-refractivity contribution in [1.82, 2.24) is 14.7 Å². The van der Waals surface area contributed by atoms with E-state index in [0.29, 0.717) is 11.9 Å². The minimum Gasteiger partial charge on any atom is -0.457 e. The SMILES string of the molecule is CSc1ccc2c(c1)C(N1CCN(CCN3CCCCC3=O)CC1)Cc1cc(C)ccc1O2. The third-order valence-corrected chi connectivity index (χ3v) is 8.11. The minimum atomic E-state index is 0.320. The van der Waals surface area contributed by atoms with Crippen molar-refractivity contribution < 1.29 is 9.53 Å². The maximum Gasteiger partial charge on any atom is 0.222 e. The highest BCUT2D eigenvalue weighted by Gasteiger charge is 2.31. The largest absolute Gasteiger partial charge is 0.457 e. The zero-order valence-electron chi connectivity index (χ0n) is 19.9. The summed E-state index contributed by atoms with van der Waals surface area (Å²) < 4.78 is 6.43. The van der Waals surface area contributed by atoms with E-state index in [1.807, 2.05) is 0 Å². The fourth-order valence-electron chi connectivity index (χ4n) is 5.40. The van der Waals surface area contributed by atoms with E-state index in [-0.39, 0.29) is 0 Å². The summed E-state index contributed by atoms with van der Waals surface area (Å²) in [7, 11) is 0. The van der Waals surface area contributed by atoms with Gasteiger partial charge in [0.05, 0.1) is 0 Å². The van der Waals surface area contributed by atoms with Crippen LogP contribution in [0.25, 0.3) is 0 Å². The standard InChI is InChI=1S/C27H35N3O2S/c1-20-6-8-25-21(17-20)18-24(23-19-22(33-2)7-9-26(23)32-25)29-14-11-28(12-15-29)13-16-30-10-4-3-5-27(30)31/h6-9,17,19,24H,3-5,10-16,18H2,1-2H3. The van der Waals surface area contributed by atoms with Crippen molar-refractivity contribution in [3.05, 3.63) is 53.1 Å². The maximum absolute atomic E-state index is 12.1. The molecule has 2 fully saturated rings. The summed E-state index contributed by atoms with van der Waals surface area (Å²) in [5, 5.41) is 0. The predicted molar refractivity (Wildman–Crippen MR) is 134 cm³/mol. The number of amides is 1. The molecule has 1 atom stereocenters. The van der Waals surface area contributed by atoms with E-state index in [0.717, 1.165) is 83.0 Å². The zero-order valence-corrected chi connectivity index (χ0v) is 20.7. The topological polar surface area (TPSA) is 36.0 Å². The number of benzene rings is 2. The number of hydrogen-bond acceptors (Lipinski definition) is 5. The lowest BCUT2D eigenvalue weighted by Crippen LogP contribution is -2.50. The number of nitrogens with zero attached hydrogens (tertiary/aromatic N) is 3. The van der Waals surface area contributed by atoms with E-state index >= 15 is 0 Å². The van der Waals surface area contributed by atoms with Gasteiger partial charge in [0.15, 0.2) is 0 Å². The molecule has 0 bridgehead atoms. The van der Waals surface area contributed by atoms with Gasteiger partial charge in [-0.1, -0.05) is 17.7 Å². The Bertz CT molecular complexity index is 1000. The molecule has 3 aliphatic rings. The lowest BCUT2D eigenvalue weighted by molar-refractivity contribution is -0.133. The van der Waals surface area contributed by atoms with Crippen molar-refractivity contribution in [3.63, 3.8) is 0 Å². The van der Waals surface area contributed by atoms with Gasteiger partial charge in [-0.2, -0.15) is 0 Å². The van der Waals surface area contributed by atoms with Gasteiger partial charge in [-0.15, -0.1) is 11.8 Å². The van der Waals surface area contributed by atoms with Gasteiger partial charge in [0.1, 0.15) is 11.5 Å². The van der Waals surface area contributed by atoms with Crippen LogP contribution in [0.1, 0.15) is 42.0 Å². The molecule has 0 radical (unpaired) electrons. The number of hydrogen-bond donors (Lipinski definition) is 0. The van der Waals surface area contributed by atoms with Crippen LogP contribution < -0.4 is 4.74 Å². The van der Waals surface area contributed by atoms with Crippen molar-refractivity contribution >= 4 is 17.7 Å². The Balaban J connectivity index is 1.30. The number of carbonyl (C=O) groups excluding carboxylic acids is 1. The van der Waals surface area contributed by atoms with Crippen molar-refractivity contribution in [1.29, 1.82) is 0 Å². The number of ether oxygens (including phenoxy) is 1. The number of likely N-dealkylation sites (tertiary alicyclic amines) is 1. The Kier molecular flexibility index (Phi) is 6.95. The first-order valence-electron chi connectivity index (χ1n) is 12.3. The molecule has 3 aliphatic heterocycles. The van der Waals surface area contributed by atoms with Crippen LogP contribution in [-0.2, 0) is 11.2 Å². The number of aryl methyl sites for hydroxylation is 1. The molecule has 0 aliphatic carbocycles. The molecule has 2 aromatic carbocycles. The van der Waals surface area contributed by atoms with Crippen LogP contribution in [-0.4, -0.2) is 72.7 Å². The lowest BCUT2D eigenvalue weighted by atomic mass is 9.96. The fraction of sp³-hybridized carbons (Fsp3) is 0.519. The molecule has 2 saturated heterocycles. The van der Waals surface area contributed by atoms with Crippen LogP contribution in [0.3, 0.4) is 0 Å². The van der Waals surface area contributed by atoms with Gasteiger partial charge in [-0.25, -0.2) is 0 Å². The Morgan fingerprint density at radius 3 is 2.58 bits per heavy atom. The molecular weight excluding hydrogens is 430 g/mol. The lowest BCUT2D eigenvalue weighted by Gasteiger charge is -2.40. The monoisotopic (exact) mass is 465 g/mol. The Labute approximate surface area is 202 Å². The van der Waals surface area contributed by atoms with E-state index in [1.165, 1.54) is 21.6 Å². The molecular formula is C27H35N3O2S. The van der Waals surface area contributed by atoms with Crippen molar-refractivity contribution in [3.8, 4) is 11.5 Å². The molecule has 1 amide bonds. The average Bonchev–Trinajstić information content (AvgIpc) is 3.00. The highest BCUT2D eigenvalue weighted by molar-refractivity contribution is 7.98. The molecule has 1 unspecified atom stereocenters. The number of piperidine rings is 1. The van der Waals surface area contributed by atoms with E-state index in [9.17, 15) is 4.79 Å². The van der Waals surface area contributed by atoms with Crippen molar-refractivity contribution in [2.24, 2.45) is 0 Å². The second-order valence-corrected chi connectivity index (χ2v) is 10.4. The number of piperazine rings is 1. The number of rotatable bonds is 5. The first kappa shape index (κ1) is 22.8. The van der Waals surface area contributed by atoms with E-state index < -0.39 is 0 Å². The second kappa shape index (κ2) is 10.1. The van der Waals surface area contributed by atoms with Gasteiger partial charge in [0, 0.05) is 68.7 Å². The number of carbonyl (C=O) groups is 1. The van der Waals surface area contributed by atoms with Crippen molar-refractivity contribution in [2.45, 2.75) is 43.5 Å². The van der Waals surface area contributed by atoms with E-state index in [1.54, 1.807) is 11.8 Å². The Hall–Kier alpha value is -2.02. The average molecular weight is 466 g/mol. The van der Waals surface area contributed by atoms with Crippen LogP contribution in [0.2, 0.25) is 0 Å². The minimum absolute atomic E-state index is 0.320. The predicted octanol–water partition coefficient (Wildman–Crippen LogP) is 4.74. The van der Waals surface area contributed by atoms with Gasteiger partial charge >= 0.3 is 0 Å². The molecule has 3 heterocycles. The maximum atomic E-state index is 12.1.